The Morgan fingerprint density at radius 3 is 2.13 bits per heavy atom. The summed E-state index contributed by atoms with van der Waals surface area (Å²) in [5, 5.41) is 0. The zero-order chi connectivity index (χ0) is 15.0. The molecule has 4 aromatic rings. The third-order valence-electron chi connectivity index (χ3n) is 3.51. The van der Waals surface area contributed by atoms with Crippen LogP contribution in [0, 0.1) is 0 Å². The number of benzene rings is 1. The summed E-state index contributed by atoms with van der Waals surface area (Å²) in [6.45, 7) is 0. The molecule has 0 spiro atoms. The monoisotopic (exact) mass is 341 g/mol. The molecule has 0 unspecified atom stereocenters. The van der Waals surface area contributed by atoms with Gasteiger partial charge in [-0.05, 0) is 11.3 Å². The van der Waals surface area contributed by atoms with Crippen molar-refractivity contribution in [1.29, 1.82) is 0 Å². The molecule has 0 fully saturated rings. The van der Waals surface area contributed by atoms with Crippen LogP contribution in [0.25, 0.3) is 11.3 Å². The Kier molecular flexibility index (Phi) is 6.68. The van der Waals surface area contributed by atoms with E-state index in [1.165, 1.54) is 22.5 Å². The minimum atomic E-state index is 0. The molecule has 1 N–H and O–H groups in total. The van der Waals surface area contributed by atoms with E-state index in [-0.39, 0.29) is 17.1 Å². The Morgan fingerprint density at radius 1 is 0.739 bits per heavy atom. The molecule has 1 aromatic heterocycles. The molecule has 0 atom stereocenters. The van der Waals surface area contributed by atoms with Crippen molar-refractivity contribution in [3.8, 4) is 11.3 Å². The van der Waals surface area contributed by atoms with Gasteiger partial charge < -0.3 is 4.98 Å². The number of nitrogens with one attached hydrogen (secondary N) is 1. The molecule has 0 amide bonds. The van der Waals surface area contributed by atoms with Crippen molar-refractivity contribution in [2.45, 2.75) is 6.42 Å². The molecule has 4 rings (SSSR count). The summed E-state index contributed by atoms with van der Waals surface area (Å²) in [5.41, 5.74) is 5.04. The molecule has 0 bridgehead atoms. The molecular formula is C21H19FeN. The van der Waals surface area contributed by atoms with E-state index in [0.717, 1.165) is 6.42 Å². The van der Waals surface area contributed by atoms with Crippen molar-refractivity contribution in [2.75, 3.05) is 0 Å². The fourth-order valence-electron chi connectivity index (χ4n) is 2.40. The molecular weight excluding hydrogens is 322 g/mol. The smallest absolute Gasteiger partial charge is 0.398 e. The van der Waals surface area contributed by atoms with Crippen molar-refractivity contribution < 1.29 is 17.1 Å². The van der Waals surface area contributed by atoms with E-state index in [0.29, 0.717) is 0 Å². The Hall–Kier alpha value is -2.28. The van der Waals surface area contributed by atoms with Crippen molar-refractivity contribution in [3.63, 3.8) is 0 Å². The van der Waals surface area contributed by atoms with Gasteiger partial charge in [0.1, 0.15) is 0 Å². The van der Waals surface area contributed by atoms with Crippen molar-refractivity contribution in [2.24, 2.45) is 0 Å². The van der Waals surface area contributed by atoms with Crippen LogP contribution in [0.2, 0.25) is 0 Å². The van der Waals surface area contributed by atoms with Crippen molar-refractivity contribution in [3.05, 3.63) is 108 Å². The van der Waals surface area contributed by atoms with E-state index < -0.39 is 0 Å². The first-order chi connectivity index (χ1) is 10.9. The maximum atomic E-state index is 3.46. The van der Waals surface area contributed by atoms with E-state index in [4.69, 9.17) is 0 Å². The minimum absolute atomic E-state index is 0. The van der Waals surface area contributed by atoms with Gasteiger partial charge in [0.2, 0.25) is 0 Å². The van der Waals surface area contributed by atoms with Gasteiger partial charge >= 0.3 is 17.1 Å². The van der Waals surface area contributed by atoms with Gasteiger partial charge in [-0.3, -0.25) is 0 Å². The average molecular weight is 341 g/mol. The Balaban J connectivity index is 0.000000276. The topological polar surface area (TPSA) is 15.8 Å². The van der Waals surface area contributed by atoms with E-state index in [1.54, 1.807) is 0 Å². The molecule has 0 aliphatic heterocycles. The van der Waals surface area contributed by atoms with Gasteiger partial charge in [0.15, 0.2) is 0 Å². The summed E-state index contributed by atoms with van der Waals surface area (Å²) in [6.07, 6.45) is 0.960. The summed E-state index contributed by atoms with van der Waals surface area (Å²) < 4.78 is 0. The molecule has 1 heterocycles. The standard InChI is InChI=1S/C16H14N.C5H5.Fe/c1-2-6-13(7-3-1)12-15-10-11-16(17-15)14-8-4-5-9-14;1-2-4-5-3-1;/h1-11,17H,12H2;1-5H;/q2*-1;+2. The second-order valence-corrected chi connectivity index (χ2v) is 5.20. The summed E-state index contributed by atoms with van der Waals surface area (Å²) >= 11 is 0. The first-order valence-electron chi connectivity index (χ1n) is 7.52. The maximum Gasteiger partial charge on any atom is 2.00 e. The van der Waals surface area contributed by atoms with Gasteiger partial charge in [0.05, 0.1) is 0 Å². The normalized spacial score (nSPS) is 9.57. The summed E-state index contributed by atoms with van der Waals surface area (Å²) in [4.78, 5) is 3.46. The van der Waals surface area contributed by atoms with Crippen LogP contribution in [0.5, 0.6) is 0 Å². The van der Waals surface area contributed by atoms with Crippen LogP contribution in [0.15, 0.2) is 97.1 Å². The second kappa shape index (κ2) is 8.99. The van der Waals surface area contributed by atoms with Crippen LogP contribution in [0.4, 0.5) is 0 Å². The van der Waals surface area contributed by atoms with E-state index in [9.17, 15) is 0 Å². The quantitative estimate of drug-likeness (QED) is 0.380. The molecule has 0 aliphatic carbocycles. The van der Waals surface area contributed by atoms with Gasteiger partial charge in [-0.25, -0.2) is 12.1 Å². The number of aromatic amines is 1. The van der Waals surface area contributed by atoms with Gasteiger partial charge in [-0.2, -0.15) is 36.4 Å². The maximum absolute atomic E-state index is 3.46. The van der Waals surface area contributed by atoms with Gasteiger partial charge in [-0.1, -0.05) is 42.5 Å². The molecule has 2 heteroatoms. The molecule has 0 saturated carbocycles. The molecule has 0 radical (unpaired) electrons. The molecule has 23 heavy (non-hydrogen) atoms. The van der Waals surface area contributed by atoms with Crippen LogP contribution >= 0.6 is 0 Å². The summed E-state index contributed by atoms with van der Waals surface area (Å²) in [7, 11) is 0. The van der Waals surface area contributed by atoms with Crippen LogP contribution in [-0.4, -0.2) is 4.98 Å². The number of H-pyrrole nitrogens is 1. The van der Waals surface area contributed by atoms with Crippen LogP contribution in [-0.2, 0) is 23.5 Å². The van der Waals surface area contributed by atoms with Gasteiger partial charge in [-0.15, -0.1) is 11.6 Å². The number of rotatable bonds is 3. The van der Waals surface area contributed by atoms with E-state index in [2.05, 4.69) is 65.6 Å². The molecule has 0 aliphatic rings. The van der Waals surface area contributed by atoms with Crippen molar-refractivity contribution >= 4 is 0 Å². The fraction of sp³-hybridized carbons (Fsp3) is 0.0476. The van der Waals surface area contributed by atoms with Crippen LogP contribution < -0.4 is 0 Å². The zero-order valence-corrected chi connectivity index (χ0v) is 13.9. The Bertz CT molecular complexity index is 732. The van der Waals surface area contributed by atoms with E-state index >= 15 is 0 Å². The summed E-state index contributed by atoms with van der Waals surface area (Å²) in [5.74, 6) is 0. The van der Waals surface area contributed by atoms with Gasteiger partial charge in [0.25, 0.3) is 0 Å². The van der Waals surface area contributed by atoms with Gasteiger partial charge in [0, 0.05) is 12.1 Å². The van der Waals surface area contributed by atoms with Crippen LogP contribution in [0.3, 0.4) is 0 Å². The summed E-state index contributed by atoms with van der Waals surface area (Å²) in [6, 6.07) is 33.2. The van der Waals surface area contributed by atoms with E-state index in [1.807, 2.05) is 36.4 Å². The molecule has 3 aromatic carbocycles. The minimum Gasteiger partial charge on any atom is -0.398 e. The predicted molar refractivity (Wildman–Crippen MR) is 93.1 cm³/mol. The SMILES string of the molecule is [Fe+2].c1cc[cH-]c1.c1ccc(Cc2ccc(-c3ccc[cH-]3)[nH]2)cc1. The van der Waals surface area contributed by atoms with Crippen LogP contribution in [0.1, 0.15) is 11.3 Å². The molecule has 1 nitrogen and oxygen atoms in total. The number of hydrogen-bond acceptors (Lipinski definition) is 0. The Labute approximate surface area is 148 Å². The second-order valence-electron chi connectivity index (χ2n) is 5.20. The zero-order valence-electron chi connectivity index (χ0n) is 12.8. The number of aromatic nitrogens is 1. The first kappa shape index (κ1) is 17.1. The third kappa shape index (κ3) is 5.14. The average Bonchev–Trinajstić information content (AvgIpc) is 3.32. The fourth-order valence-corrected chi connectivity index (χ4v) is 2.40. The Morgan fingerprint density at radius 2 is 1.52 bits per heavy atom. The largest absolute Gasteiger partial charge is 2.00 e. The number of hydrogen-bond donors (Lipinski definition) is 1. The molecule has 116 valence electrons. The predicted octanol–water partition coefficient (Wildman–Crippen LogP) is 5.39. The first-order valence-corrected chi connectivity index (χ1v) is 7.52. The van der Waals surface area contributed by atoms with Crippen molar-refractivity contribution in [1.82, 2.24) is 4.98 Å². The third-order valence-corrected chi connectivity index (χ3v) is 3.51. The molecule has 0 saturated heterocycles.